The number of hydrogen-bond acceptors (Lipinski definition) is 4. The van der Waals surface area contributed by atoms with Crippen molar-refractivity contribution in [1.82, 2.24) is 14.9 Å². The van der Waals surface area contributed by atoms with Gasteiger partial charge >= 0.3 is 0 Å². The molecule has 0 amide bonds. The van der Waals surface area contributed by atoms with Crippen molar-refractivity contribution < 1.29 is 9.47 Å². The Morgan fingerprint density at radius 2 is 1.86 bits per heavy atom. The van der Waals surface area contributed by atoms with E-state index in [9.17, 15) is 0 Å². The van der Waals surface area contributed by atoms with E-state index in [1.807, 2.05) is 37.5 Å². The summed E-state index contributed by atoms with van der Waals surface area (Å²) < 4.78 is 12.8. The molecule has 22 heavy (non-hydrogen) atoms. The molecule has 120 valence electrons. The number of aryl methyl sites for hydroxylation is 1. The molecule has 1 heterocycles. The van der Waals surface area contributed by atoms with E-state index in [4.69, 9.17) is 9.47 Å². The van der Waals surface area contributed by atoms with E-state index in [0.29, 0.717) is 5.92 Å². The number of methoxy groups -OCH3 is 2. The fourth-order valence-electron chi connectivity index (χ4n) is 2.43. The first-order valence-corrected chi connectivity index (χ1v) is 7.52. The number of ether oxygens (including phenoxy) is 2. The van der Waals surface area contributed by atoms with Gasteiger partial charge in [-0.3, -0.25) is 0 Å². The third-order valence-electron chi connectivity index (χ3n) is 3.67. The molecule has 2 aromatic rings. The minimum Gasteiger partial charge on any atom is -0.497 e. The van der Waals surface area contributed by atoms with E-state index in [1.165, 1.54) is 0 Å². The van der Waals surface area contributed by atoms with E-state index in [1.54, 1.807) is 14.2 Å². The lowest BCUT2D eigenvalue weighted by atomic mass is 10.1. The van der Waals surface area contributed by atoms with Gasteiger partial charge in [-0.15, -0.1) is 0 Å². The van der Waals surface area contributed by atoms with Crippen molar-refractivity contribution in [3.63, 3.8) is 0 Å². The monoisotopic (exact) mass is 303 g/mol. The second-order valence-electron chi connectivity index (χ2n) is 5.58. The third kappa shape index (κ3) is 4.49. The second-order valence-corrected chi connectivity index (χ2v) is 5.58. The van der Waals surface area contributed by atoms with Crippen LogP contribution in [0.4, 0.5) is 0 Å². The normalized spacial score (nSPS) is 12.2. The molecule has 2 rings (SSSR count). The SMILES string of the molecule is COc1cc(CNCC(C)Cn2ccnc2C)cc(OC)c1. The van der Waals surface area contributed by atoms with Gasteiger partial charge < -0.3 is 19.4 Å². The summed E-state index contributed by atoms with van der Waals surface area (Å²) in [5.41, 5.74) is 1.15. The number of aromatic nitrogens is 2. The van der Waals surface area contributed by atoms with Crippen molar-refractivity contribution in [1.29, 1.82) is 0 Å². The molecule has 1 aromatic heterocycles. The van der Waals surface area contributed by atoms with Gasteiger partial charge in [0.1, 0.15) is 17.3 Å². The van der Waals surface area contributed by atoms with Crippen molar-refractivity contribution >= 4 is 0 Å². The van der Waals surface area contributed by atoms with Gasteiger partial charge in [0.2, 0.25) is 0 Å². The minimum atomic E-state index is 0.528. The summed E-state index contributed by atoms with van der Waals surface area (Å²) in [6.45, 7) is 6.97. The molecule has 5 heteroatoms. The van der Waals surface area contributed by atoms with Crippen molar-refractivity contribution in [3.05, 3.63) is 42.0 Å². The Labute approximate surface area is 132 Å². The van der Waals surface area contributed by atoms with Gasteiger partial charge in [0, 0.05) is 31.5 Å². The van der Waals surface area contributed by atoms with Crippen molar-refractivity contribution in [2.75, 3.05) is 20.8 Å². The summed E-state index contributed by atoms with van der Waals surface area (Å²) in [7, 11) is 3.34. The van der Waals surface area contributed by atoms with Gasteiger partial charge in [-0.1, -0.05) is 6.92 Å². The Hall–Kier alpha value is -2.01. The molecule has 0 fully saturated rings. The highest BCUT2D eigenvalue weighted by atomic mass is 16.5. The maximum atomic E-state index is 5.29. The number of imidazole rings is 1. The zero-order valence-electron chi connectivity index (χ0n) is 13.8. The van der Waals surface area contributed by atoms with Gasteiger partial charge in [0.05, 0.1) is 14.2 Å². The average Bonchev–Trinajstić information content (AvgIpc) is 2.92. The van der Waals surface area contributed by atoms with Gasteiger partial charge in [0.25, 0.3) is 0 Å². The number of benzene rings is 1. The highest BCUT2D eigenvalue weighted by Gasteiger charge is 2.06. The summed E-state index contributed by atoms with van der Waals surface area (Å²) in [6, 6.07) is 5.94. The van der Waals surface area contributed by atoms with Crippen LogP contribution in [0.1, 0.15) is 18.3 Å². The van der Waals surface area contributed by atoms with Crippen molar-refractivity contribution in [3.8, 4) is 11.5 Å². The Bertz CT molecular complexity index is 573. The molecular weight excluding hydrogens is 278 g/mol. The highest BCUT2D eigenvalue weighted by Crippen LogP contribution is 2.22. The summed E-state index contributed by atoms with van der Waals surface area (Å²) in [5.74, 6) is 3.22. The molecule has 0 aliphatic rings. The maximum Gasteiger partial charge on any atom is 0.122 e. The van der Waals surface area contributed by atoms with Crippen LogP contribution in [-0.4, -0.2) is 30.3 Å². The van der Waals surface area contributed by atoms with Crippen LogP contribution in [0.15, 0.2) is 30.6 Å². The van der Waals surface area contributed by atoms with E-state index in [0.717, 1.165) is 42.5 Å². The Balaban J connectivity index is 1.84. The lowest BCUT2D eigenvalue weighted by molar-refractivity contribution is 0.392. The smallest absolute Gasteiger partial charge is 0.122 e. The quantitative estimate of drug-likeness (QED) is 0.814. The number of rotatable bonds is 8. The number of hydrogen-bond donors (Lipinski definition) is 1. The van der Waals surface area contributed by atoms with E-state index in [2.05, 4.69) is 21.8 Å². The van der Waals surface area contributed by atoms with Crippen LogP contribution in [0.3, 0.4) is 0 Å². The fraction of sp³-hybridized carbons (Fsp3) is 0.471. The molecule has 1 N–H and O–H groups in total. The van der Waals surface area contributed by atoms with Crippen molar-refractivity contribution in [2.24, 2.45) is 5.92 Å². The largest absolute Gasteiger partial charge is 0.497 e. The third-order valence-corrected chi connectivity index (χ3v) is 3.67. The Morgan fingerprint density at radius 3 is 2.41 bits per heavy atom. The Morgan fingerprint density at radius 1 is 1.18 bits per heavy atom. The zero-order valence-corrected chi connectivity index (χ0v) is 13.8. The molecule has 0 bridgehead atoms. The molecule has 0 aliphatic carbocycles. The van der Waals surface area contributed by atoms with Crippen LogP contribution in [0.5, 0.6) is 11.5 Å². The van der Waals surface area contributed by atoms with Crippen LogP contribution in [0, 0.1) is 12.8 Å². The summed E-state index contributed by atoms with van der Waals surface area (Å²) in [6.07, 6.45) is 3.87. The minimum absolute atomic E-state index is 0.528. The second kappa shape index (κ2) is 7.84. The number of nitrogens with one attached hydrogen (secondary N) is 1. The predicted octanol–water partition coefficient (Wildman–Crippen LogP) is 2.63. The first-order chi connectivity index (χ1) is 10.6. The van der Waals surface area contributed by atoms with Crippen LogP contribution in [-0.2, 0) is 13.1 Å². The standard InChI is InChI=1S/C17H25N3O2/c1-13(12-20-6-5-19-14(20)2)10-18-11-15-7-16(21-3)9-17(8-15)22-4/h5-9,13,18H,10-12H2,1-4H3. The average molecular weight is 303 g/mol. The van der Waals surface area contributed by atoms with Crippen LogP contribution >= 0.6 is 0 Å². The molecule has 1 unspecified atom stereocenters. The van der Waals surface area contributed by atoms with Gasteiger partial charge in [-0.25, -0.2) is 4.98 Å². The zero-order chi connectivity index (χ0) is 15.9. The molecular formula is C17H25N3O2. The molecule has 0 spiro atoms. The van der Waals surface area contributed by atoms with E-state index >= 15 is 0 Å². The van der Waals surface area contributed by atoms with E-state index < -0.39 is 0 Å². The van der Waals surface area contributed by atoms with Crippen molar-refractivity contribution in [2.45, 2.75) is 26.9 Å². The highest BCUT2D eigenvalue weighted by molar-refractivity contribution is 5.38. The topological polar surface area (TPSA) is 48.3 Å². The maximum absolute atomic E-state index is 5.29. The molecule has 0 aliphatic heterocycles. The van der Waals surface area contributed by atoms with Crippen LogP contribution < -0.4 is 14.8 Å². The van der Waals surface area contributed by atoms with Gasteiger partial charge in [-0.2, -0.15) is 0 Å². The fourth-order valence-corrected chi connectivity index (χ4v) is 2.43. The first kappa shape index (κ1) is 16.4. The molecule has 0 saturated carbocycles. The Kier molecular flexibility index (Phi) is 5.83. The molecule has 1 atom stereocenters. The van der Waals surface area contributed by atoms with Crippen LogP contribution in [0.2, 0.25) is 0 Å². The molecule has 1 aromatic carbocycles. The summed E-state index contributed by atoms with van der Waals surface area (Å²) in [5, 5.41) is 3.49. The lowest BCUT2D eigenvalue weighted by Crippen LogP contribution is -2.24. The predicted molar refractivity (Wildman–Crippen MR) is 87.4 cm³/mol. The number of nitrogens with zero attached hydrogens (tertiary/aromatic N) is 2. The first-order valence-electron chi connectivity index (χ1n) is 7.52. The van der Waals surface area contributed by atoms with Crippen LogP contribution in [0.25, 0.3) is 0 Å². The molecule has 0 saturated heterocycles. The van der Waals surface area contributed by atoms with Gasteiger partial charge in [0.15, 0.2) is 0 Å². The summed E-state index contributed by atoms with van der Waals surface area (Å²) >= 11 is 0. The van der Waals surface area contributed by atoms with Gasteiger partial charge in [-0.05, 0) is 37.1 Å². The molecule has 0 radical (unpaired) electrons. The summed E-state index contributed by atoms with van der Waals surface area (Å²) in [4.78, 5) is 4.25. The lowest BCUT2D eigenvalue weighted by Gasteiger charge is -2.15. The molecule has 5 nitrogen and oxygen atoms in total. The van der Waals surface area contributed by atoms with E-state index in [-0.39, 0.29) is 0 Å².